The molecule has 0 heterocycles. The van der Waals surface area contributed by atoms with Gasteiger partial charge in [0.2, 0.25) is 10.0 Å². The van der Waals surface area contributed by atoms with Crippen LogP contribution in [0.3, 0.4) is 0 Å². The Morgan fingerprint density at radius 1 is 1.16 bits per heavy atom. The van der Waals surface area contributed by atoms with Gasteiger partial charge >= 0.3 is 5.97 Å². The fourth-order valence-electron chi connectivity index (χ4n) is 2.31. The lowest BCUT2D eigenvalue weighted by atomic mass is 10.1. The maximum Gasteiger partial charge on any atom is 0.335 e. The summed E-state index contributed by atoms with van der Waals surface area (Å²) in [6, 6.07) is 13.1. The lowest BCUT2D eigenvalue weighted by molar-refractivity contribution is 0.0696. The Labute approximate surface area is 146 Å². The second-order valence-electron chi connectivity index (χ2n) is 5.41. The second kappa shape index (κ2) is 8.11. The molecule has 1 atom stereocenters. The minimum atomic E-state index is -3.97. The normalized spacial score (nSPS) is 12.6. The predicted octanol–water partition coefficient (Wildman–Crippen LogP) is 1.83. The lowest BCUT2D eigenvalue weighted by Gasteiger charge is -2.19. The summed E-state index contributed by atoms with van der Waals surface area (Å²) in [5.74, 6) is -1.22. The first-order valence-corrected chi connectivity index (χ1v) is 9.13. The average molecular weight is 364 g/mol. The van der Waals surface area contributed by atoms with Crippen molar-refractivity contribution in [2.75, 3.05) is 18.5 Å². The predicted molar refractivity (Wildman–Crippen MR) is 94.2 cm³/mol. The SMILES string of the molecule is C[C@@H](Nc1ccc(C(=O)O)cc1S(=O)(=O)NCCO)c1ccccc1. The Morgan fingerprint density at radius 2 is 1.84 bits per heavy atom. The summed E-state index contributed by atoms with van der Waals surface area (Å²) in [4.78, 5) is 11.0. The van der Waals surface area contributed by atoms with E-state index in [1.54, 1.807) is 0 Å². The molecule has 0 aromatic heterocycles. The number of benzene rings is 2. The fourth-order valence-corrected chi connectivity index (χ4v) is 3.53. The highest BCUT2D eigenvalue weighted by molar-refractivity contribution is 7.89. The van der Waals surface area contributed by atoms with Gasteiger partial charge in [-0.05, 0) is 30.7 Å². The highest BCUT2D eigenvalue weighted by atomic mass is 32.2. The number of carbonyl (C=O) groups is 1. The minimum Gasteiger partial charge on any atom is -0.478 e. The monoisotopic (exact) mass is 364 g/mol. The van der Waals surface area contributed by atoms with E-state index in [0.717, 1.165) is 11.6 Å². The molecule has 0 fully saturated rings. The first-order valence-electron chi connectivity index (χ1n) is 7.64. The molecule has 134 valence electrons. The minimum absolute atomic E-state index is 0.137. The van der Waals surface area contributed by atoms with E-state index in [4.69, 9.17) is 10.2 Å². The Hall–Kier alpha value is -2.42. The Morgan fingerprint density at radius 3 is 2.44 bits per heavy atom. The van der Waals surface area contributed by atoms with Crippen molar-refractivity contribution in [3.8, 4) is 0 Å². The van der Waals surface area contributed by atoms with Gasteiger partial charge < -0.3 is 15.5 Å². The molecule has 0 unspecified atom stereocenters. The van der Waals surface area contributed by atoms with Crippen LogP contribution in [0.4, 0.5) is 5.69 Å². The van der Waals surface area contributed by atoms with Gasteiger partial charge in [-0.3, -0.25) is 0 Å². The third kappa shape index (κ3) is 4.79. The van der Waals surface area contributed by atoms with Crippen molar-refractivity contribution in [2.24, 2.45) is 0 Å². The molecule has 0 saturated heterocycles. The van der Waals surface area contributed by atoms with E-state index in [9.17, 15) is 13.2 Å². The topological polar surface area (TPSA) is 116 Å². The van der Waals surface area contributed by atoms with Gasteiger partial charge in [0.1, 0.15) is 4.90 Å². The molecular weight excluding hydrogens is 344 g/mol. The molecule has 0 aliphatic carbocycles. The number of aromatic carboxylic acids is 1. The average Bonchev–Trinajstić information content (AvgIpc) is 2.60. The van der Waals surface area contributed by atoms with Crippen LogP contribution in [0.25, 0.3) is 0 Å². The first-order chi connectivity index (χ1) is 11.8. The molecule has 0 radical (unpaired) electrons. The molecule has 0 saturated carbocycles. The van der Waals surface area contributed by atoms with Gasteiger partial charge in [0.15, 0.2) is 0 Å². The molecule has 7 nitrogen and oxygen atoms in total. The van der Waals surface area contributed by atoms with E-state index in [2.05, 4.69) is 10.0 Å². The lowest BCUT2D eigenvalue weighted by Crippen LogP contribution is -2.28. The number of anilines is 1. The molecule has 2 aromatic carbocycles. The number of aliphatic hydroxyl groups is 1. The van der Waals surface area contributed by atoms with Crippen LogP contribution in [-0.2, 0) is 10.0 Å². The van der Waals surface area contributed by atoms with E-state index in [0.29, 0.717) is 0 Å². The molecule has 0 aliphatic heterocycles. The van der Waals surface area contributed by atoms with Crippen molar-refractivity contribution in [1.29, 1.82) is 0 Å². The number of carboxylic acids is 1. The van der Waals surface area contributed by atoms with Crippen molar-refractivity contribution >= 4 is 21.7 Å². The summed E-state index contributed by atoms with van der Waals surface area (Å²) in [5, 5.41) is 21.1. The van der Waals surface area contributed by atoms with Crippen LogP contribution in [-0.4, -0.2) is 37.8 Å². The molecule has 4 N–H and O–H groups in total. The quantitative estimate of drug-likeness (QED) is 0.568. The number of rotatable bonds is 8. The van der Waals surface area contributed by atoms with Crippen molar-refractivity contribution in [3.05, 3.63) is 59.7 Å². The zero-order valence-corrected chi connectivity index (χ0v) is 14.5. The standard InChI is InChI=1S/C17H20N2O5S/c1-12(13-5-3-2-4-6-13)19-15-8-7-14(17(21)22)11-16(15)25(23,24)18-9-10-20/h2-8,11-12,18-20H,9-10H2,1H3,(H,21,22)/t12-/m1/s1. The maximum absolute atomic E-state index is 12.4. The van der Waals surface area contributed by atoms with Crippen LogP contribution < -0.4 is 10.0 Å². The summed E-state index contributed by atoms with van der Waals surface area (Å²) < 4.78 is 27.1. The number of carboxylic acid groups (broad SMARTS) is 1. The largest absolute Gasteiger partial charge is 0.478 e. The van der Waals surface area contributed by atoms with Gasteiger partial charge in [0, 0.05) is 12.6 Å². The van der Waals surface area contributed by atoms with Gasteiger partial charge in [-0.15, -0.1) is 0 Å². The summed E-state index contributed by atoms with van der Waals surface area (Å²) in [6.45, 7) is 1.35. The summed E-state index contributed by atoms with van der Waals surface area (Å²) in [7, 11) is -3.97. The molecule has 25 heavy (non-hydrogen) atoms. The fraction of sp³-hybridized carbons (Fsp3) is 0.235. The highest BCUT2D eigenvalue weighted by Gasteiger charge is 2.21. The zero-order chi connectivity index (χ0) is 18.4. The van der Waals surface area contributed by atoms with Crippen LogP contribution in [0.15, 0.2) is 53.4 Å². The second-order valence-corrected chi connectivity index (χ2v) is 7.15. The maximum atomic E-state index is 12.4. The molecule has 2 rings (SSSR count). The van der Waals surface area contributed by atoms with Crippen LogP contribution in [0.5, 0.6) is 0 Å². The smallest absolute Gasteiger partial charge is 0.335 e. The number of sulfonamides is 1. The molecule has 0 spiro atoms. The molecule has 2 aromatic rings. The molecule has 0 amide bonds. The highest BCUT2D eigenvalue weighted by Crippen LogP contribution is 2.27. The van der Waals surface area contributed by atoms with Gasteiger partial charge in [0.25, 0.3) is 0 Å². The molecule has 8 heteroatoms. The van der Waals surface area contributed by atoms with E-state index in [-0.39, 0.29) is 35.3 Å². The van der Waals surface area contributed by atoms with Gasteiger partial charge in [-0.25, -0.2) is 17.9 Å². The van der Waals surface area contributed by atoms with E-state index >= 15 is 0 Å². The third-order valence-electron chi connectivity index (χ3n) is 3.59. The van der Waals surface area contributed by atoms with Crippen LogP contribution in [0.2, 0.25) is 0 Å². The van der Waals surface area contributed by atoms with Crippen LogP contribution in [0, 0.1) is 0 Å². The Balaban J connectivity index is 2.41. The van der Waals surface area contributed by atoms with Gasteiger partial charge in [0.05, 0.1) is 17.9 Å². The number of nitrogens with one attached hydrogen (secondary N) is 2. The molecule has 0 bridgehead atoms. The Kier molecular flexibility index (Phi) is 6.13. The van der Waals surface area contributed by atoms with E-state index < -0.39 is 16.0 Å². The van der Waals surface area contributed by atoms with Crippen molar-refractivity contribution in [3.63, 3.8) is 0 Å². The summed E-state index contributed by atoms with van der Waals surface area (Å²) in [5.41, 5.74) is 1.10. The first kappa shape index (κ1) is 18.9. The van der Waals surface area contributed by atoms with Crippen molar-refractivity contribution < 1.29 is 23.4 Å². The molecule has 0 aliphatic rings. The van der Waals surface area contributed by atoms with Crippen LogP contribution in [0.1, 0.15) is 28.9 Å². The number of aliphatic hydroxyl groups excluding tert-OH is 1. The van der Waals surface area contributed by atoms with Crippen molar-refractivity contribution in [2.45, 2.75) is 17.9 Å². The Bertz CT molecular complexity index is 837. The summed E-state index contributed by atoms with van der Waals surface area (Å²) >= 11 is 0. The van der Waals surface area contributed by atoms with Gasteiger partial charge in [-0.2, -0.15) is 0 Å². The van der Waals surface area contributed by atoms with Crippen LogP contribution >= 0.6 is 0 Å². The van der Waals surface area contributed by atoms with E-state index in [1.165, 1.54) is 12.1 Å². The number of hydrogen-bond acceptors (Lipinski definition) is 5. The third-order valence-corrected chi connectivity index (χ3v) is 5.09. The number of hydrogen-bond donors (Lipinski definition) is 4. The van der Waals surface area contributed by atoms with Crippen molar-refractivity contribution in [1.82, 2.24) is 4.72 Å². The molecular formula is C17H20N2O5S. The summed E-state index contributed by atoms with van der Waals surface area (Å²) in [6.07, 6.45) is 0. The van der Waals surface area contributed by atoms with Gasteiger partial charge in [-0.1, -0.05) is 30.3 Å². The zero-order valence-electron chi connectivity index (χ0n) is 13.6. The van der Waals surface area contributed by atoms with E-state index in [1.807, 2.05) is 37.3 Å².